The molecule has 0 bridgehead atoms. The molecule has 0 amide bonds. The maximum absolute atomic E-state index is 12.2. The first-order valence-corrected chi connectivity index (χ1v) is 9.10. The second-order valence-corrected chi connectivity index (χ2v) is 6.71. The molecule has 1 aromatic heterocycles. The molecule has 3 rings (SSSR count). The topological polar surface area (TPSA) is 79.0 Å². The highest BCUT2D eigenvalue weighted by molar-refractivity contribution is 5.92. The molecule has 7 nitrogen and oxygen atoms in total. The van der Waals surface area contributed by atoms with Gasteiger partial charge in [-0.15, -0.1) is 13.2 Å². The number of nitrogens with one attached hydrogen (secondary N) is 1. The summed E-state index contributed by atoms with van der Waals surface area (Å²) in [6.45, 7) is 4.26. The van der Waals surface area contributed by atoms with Crippen molar-refractivity contribution < 1.29 is 17.9 Å². The summed E-state index contributed by atoms with van der Waals surface area (Å²) in [4.78, 5) is 13.3. The molecular weight excluding hydrogens is 385 g/mol. The SMILES string of the molecule is CN1CCN(c2ccc(CN=C(N)Nc3ccc(OC(F)(F)F)cc3)cn2)CC1. The van der Waals surface area contributed by atoms with Crippen molar-refractivity contribution in [3.63, 3.8) is 0 Å². The zero-order chi connectivity index (χ0) is 20.9. The van der Waals surface area contributed by atoms with Gasteiger partial charge in [0.15, 0.2) is 5.96 Å². The fourth-order valence-electron chi connectivity index (χ4n) is 2.84. The van der Waals surface area contributed by atoms with Crippen LogP contribution in [0.3, 0.4) is 0 Å². The number of aliphatic imine (C=N–C) groups is 1. The number of nitrogens with two attached hydrogens (primary N) is 1. The first kappa shape index (κ1) is 20.7. The van der Waals surface area contributed by atoms with Gasteiger partial charge in [0.05, 0.1) is 6.54 Å². The van der Waals surface area contributed by atoms with Crippen molar-refractivity contribution in [2.75, 3.05) is 43.4 Å². The second-order valence-electron chi connectivity index (χ2n) is 6.71. The molecule has 1 saturated heterocycles. The van der Waals surface area contributed by atoms with Gasteiger partial charge in [0, 0.05) is 38.1 Å². The fraction of sp³-hybridized carbons (Fsp3) is 0.368. The summed E-state index contributed by atoms with van der Waals surface area (Å²) in [6, 6.07) is 9.18. The van der Waals surface area contributed by atoms with E-state index in [2.05, 4.69) is 36.9 Å². The lowest BCUT2D eigenvalue weighted by Gasteiger charge is -2.33. The number of hydrogen-bond acceptors (Lipinski definition) is 5. The van der Waals surface area contributed by atoms with Gasteiger partial charge in [0.2, 0.25) is 0 Å². The quantitative estimate of drug-likeness (QED) is 0.585. The minimum atomic E-state index is -4.72. The normalized spacial score (nSPS) is 16.0. The van der Waals surface area contributed by atoms with Gasteiger partial charge in [-0.25, -0.2) is 9.98 Å². The number of likely N-dealkylation sites (N-methyl/N-ethyl adjacent to an activating group) is 1. The zero-order valence-electron chi connectivity index (χ0n) is 16.0. The van der Waals surface area contributed by atoms with Crippen LogP contribution in [0.2, 0.25) is 0 Å². The standard InChI is InChI=1S/C19H23F3N6O/c1-27-8-10-28(11-9-27)17-7-2-14(12-24-17)13-25-18(23)26-15-3-5-16(6-4-15)29-19(20,21)22/h2-7,12H,8-11,13H2,1H3,(H3,23,25,26). The number of benzene rings is 1. The molecule has 156 valence electrons. The number of ether oxygens (including phenoxy) is 1. The van der Waals surface area contributed by atoms with E-state index in [0.29, 0.717) is 12.2 Å². The van der Waals surface area contributed by atoms with E-state index in [0.717, 1.165) is 37.6 Å². The molecule has 0 aliphatic carbocycles. The Kier molecular flexibility index (Phi) is 6.42. The predicted molar refractivity (Wildman–Crippen MR) is 106 cm³/mol. The summed E-state index contributed by atoms with van der Waals surface area (Å²) in [5.74, 6) is 0.792. The van der Waals surface area contributed by atoms with Crippen molar-refractivity contribution >= 4 is 17.5 Å². The van der Waals surface area contributed by atoms with E-state index in [1.165, 1.54) is 24.3 Å². The minimum absolute atomic E-state index is 0.151. The number of anilines is 2. The van der Waals surface area contributed by atoms with E-state index in [4.69, 9.17) is 5.73 Å². The van der Waals surface area contributed by atoms with E-state index >= 15 is 0 Å². The summed E-state index contributed by atoms with van der Waals surface area (Å²) in [5, 5.41) is 2.83. The van der Waals surface area contributed by atoms with Gasteiger partial charge >= 0.3 is 6.36 Å². The van der Waals surface area contributed by atoms with Crippen LogP contribution in [0.1, 0.15) is 5.56 Å². The van der Waals surface area contributed by atoms with Crippen molar-refractivity contribution in [1.82, 2.24) is 9.88 Å². The average molecular weight is 408 g/mol. The lowest BCUT2D eigenvalue weighted by atomic mass is 10.2. The molecule has 1 aliphatic heterocycles. The van der Waals surface area contributed by atoms with E-state index in [-0.39, 0.29) is 11.7 Å². The van der Waals surface area contributed by atoms with E-state index < -0.39 is 6.36 Å². The molecule has 2 aromatic rings. The van der Waals surface area contributed by atoms with Crippen molar-refractivity contribution in [2.24, 2.45) is 10.7 Å². The molecule has 29 heavy (non-hydrogen) atoms. The smallest absolute Gasteiger partial charge is 0.406 e. The molecule has 0 unspecified atom stereocenters. The van der Waals surface area contributed by atoms with Gasteiger partial charge in [-0.1, -0.05) is 6.07 Å². The monoisotopic (exact) mass is 408 g/mol. The molecular formula is C19H23F3N6O. The van der Waals surface area contributed by atoms with Gasteiger partial charge in [0.25, 0.3) is 0 Å². The van der Waals surface area contributed by atoms with Crippen LogP contribution in [0.4, 0.5) is 24.7 Å². The number of rotatable bonds is 5. The molecule has 1 fully saturated rings. The van der Waals surface area contributed by atoms with Gasteiger partial charge in [-0.05, 0) is 42.9 Å². The van der Waals surface area contributed by atoms with E-state index in [9.17, 15) is 13.2 Å². The number of piperazine rings is 1. The Morgan fingerprint density at radius 1 is 1.14 bits per heavy atom. The Morgan fingerprint density at radius 2 is 1.83 bits per heavy atom. The summed E-state index contributed by atoms with van der Waals surface area (Å²) < 4.78 is 40.3. The van der Waals surface area contributed by atoms with Gasteiger partial charge in [0.1, 0.15) is 11.6 Å². The first-order chi connectivity index (χ1) is 13.8. The number of alkyl halides is 3. The van der Waals surface area contributed by atoms with Crippen LogP contribution < -0.4 is 20.7 Å². The third-order valence-electron chi connectivity index (χ3n) is 4.43. The van der Waals surface area contributed by atoms with Crippen LogP contribution in [-0.4, -0.2) is 55.4 Å². The summed E-state index contributed by atoms with van der Waals surface area (Å²) in [5.41, 5.74) is 7.26. The summed E-state index contributed by atoms with van der Waals surface area (Å²) in [6.07, 6.45) is -2.95. The van der Waals surface area contributed by atoms with Gasteiger partial charge in [-0.2, -0.15) is 0 Å². The highest BCUT2D eigenvalue weighted by Gasteiger charge is 2.30. The Bertz CT molecular complexity index is 815. The molecule has 1 aliphatic rings. The maximum Gasteiger partial charge on any atom is 0.573 e. The Hall–Kier alpha value is -3.01. The van der Waals surface area contributed by atoms with Crippen molar-refractivity contribution in [3.05, 3.63) is 48.2 Å². The molecule has 10 heteroatoms. The molecule has 0 radical (unpaired) electrons. The molecule has 0 atom stereocenters. The zero-order valence-corrected chi connectivity index (χ0v) is 16.0. The second kappa shape index (κ2) is 8.99. The minimum Gasteiger partial charge on any atom is -0.406 e. The lowest BCUT2D eigenvalue weighted by Crippen LogP contribution is -2.44. The number of nitrogens with zero attached hydrogens (tertiary/aromatic N) is 4. The number of hydrogen-bond donors (Lipinski definition) is 2. The van der Waals surface area contributed by atoms with Gasteiger partial charge in [-0.3, -0.25) is 0 Å². The van der Waals surface area contributed by atoms with Gasteiger partial charge < -0.3 is 25.6 Å². The van der Waals surface area contributed by atoms with Crippen LogP contribution in [0, 0.1) is 0 Å². The predicted octanol–water partition coefficient (Wildman–Crippen LogP) is 2.66. The average Bonchev–Trinajstić information content (AvgIpc) is 2.68. The fourth-order valence-corrected chi connectivity index (χ4v) is 2.84. The van der Waals surface area contributed by atoms with Crippen LogP contribution in [0.5, 0.6) is 5.75 Å². The van der Waals surface area contributed by atoms with E-state index in [1.807, 2.05) is 12.1 Å². The molecule has 1 aromatic carbocycles. The highest BCUT2D eigenvalue weighted by Crippen LogP contribution is 2.23. The van der Waals surface area contributed by atoms with Crippen LogP contribution in [-0.2, 0) is 6.54 Å². The lowest BCUT2D eigenvalue weighted by molar-refractivity contribution is -0.274. The van der Waals surface area contributed by atoms with Crippen molar-refractivity contribution in [2.45, 2.75) is 12.9 Å². The number of pyridine rings is 1. The Morgan fingerprint density at radius 3 is 2.41 bits per heavy atom. The first-order valence-electron chi connectivity index (χ1n) is 9.10. The maximum atomic E-state index is 12.2. The van der Waals surface area contributed by atoms with Crippen molar-refractivity contribution in [1.29, 1.82) is 0 Å². The molecule has 2 heterocycles. The molecule has 0 spiro atoms. The van der Waals surface area contributed by atoms with Crippen molar-refractivity contribution in [3.8, 4) is 5.75 Å². The van der Waals surface area contributed by atoms with E-state index in [1.54, 1.807) is 6.20 Å². The number of aromatic nitrogens is 1. The van der Waals surface area contributed by atoms with Crippen LogP contribution in [0.15, 0.2) is 47.6 Å². The summed E-state index contributed by atoms with van der Waals surface area (Å²) >= 11 is 0. The highest BCUT2D eigenvalue weighted by atomic mass is 19.4. The third-order valence-corrected chi connectivity index (χ3v) is 4.43. The number of guanidine groups is 1. The Balaban J connectivity index is 1.51. The third kappa shape index (κ3) is 6.53. The molecule has 3 N–H and O–H groups in total. The Labute approximate surface area is 167 Å². The number of halogens is 3. The summed E-state index contributed by atoms with van der Waals surface area (Å²) in [7, 11) is 2.11. The molecule has 0 saturated carbocycles. The van der Waals surface area contributed by atoms with Crippen LogP contribution >= 0.6 is 0 Å². The largest absolute Gasteiger partial charge is 0.573 e. The van der Waals surface area contributed by atoms with Crippen LogP contribution in [0.25, 0.3) is 0 Å².